The number of ether oxygens (including phenoxy) is 2. The second-order valence-electron chi connectivity index (χ2n) is 5.73. The highest BCUT2D eigenvalue weighted by Gasteiger charge is 2.14. The van der Waals surface area contributed by atoms with Gasteiger partial charge in [-0.15, -0.1) is 0 Å². The van der Waals surface area contributed by atoms with Crippen LogP contribution in [0, 0.1) is 10.6 Å². The van der Waals surface area contributed by atoms with Crippen molar-refractivity contribution in [1.29, 1.82) is 0 Å². The summed E-state index contributed by atoms with van der Waals surface area (Å²) in [5.41, 5.74) is 4.61. The van der Waals surface area contributed by atoms with E-state index in [2.05, 4.69) is 15.6 Å². The van der Waals surface area contributed by atoms with Crippen LogP contribution in [0.25, 0.3) is 0 Å². The van der Waals surface area contributed by atoms with Gasteiger partial charge >= 0.3 is 0 Å². The third-order valence-electron chi connectivity index (χ3n) is 3.76. The number of benzene rings is 2. The van der Waals surface area contributed by atoms with Gasteiger partial charge in [-0.3, -0.25) is 5.10 Å². The summed E-state index contributed by atoms with van der Waals surface area (Å²) in [7, 11) is 0. The van der Waals surface area contributed by atoms with Crippen LogP contribution in [0.1, 0.15) is 18.1 Å². The van der Waals surface area contributed by atoms with E-state index in [4.69, 9.17) is 44.9 Å². The first-order chi connectivity index (χ1) is 13.5. The number of hydrogen-bond acceptors (Lipinski definition) is 5. The van der Waals surface area contributed by atoms with Crippen molar-refractivity contribution in [3.63, 3.8) is 0 Å². The minimum Gasteiger partial charge on any atom is -0.490 e. The summed E-state index contributed by atoms with van der Waals surface area (Å²) >= 11 is 17.6. The Kier molecular flexibility index (Phi) is 6.77. The van der Waals surface area contributed by atoms with Crippen molar-refractivity contribution in [2.75, 3.05) is 12.0 Å². The molecule has 3 rings (SSSR count). The van der Waals surface area contributed by atoms with Crippen LogP contribution in [0.4, 0.5) is 4.39 Å². The van der Waals surface area contributed by atoms with Gasteiger partial charge in [-0.05, 0) is 49.0 Å². The maximum Gasteiger partial charge on any atom is 0.214 e. The highest BCUT2D eigenvalue weighted by atomic mass is 35.5. The molecule has 6 nitrogen and oxygen atoms in total. The normalized spacial score (nSPS) is 10.7. The molecule has 0 saturated heterocycles. The fourth-order valence-corrected chi connectivity index (χ4v) is 3.13. The summed E-state index contributed by atoms with van der Waals surface area (Å²) in [6.07, 6.45) is 1.54. The van der Waals surface area contributed by atoms with Crippen LogP contribution in [0.15, 0.2) is 36.7 Å². The number of rotatable bonds is 8. The number of aromatic amines is 1. The predicted molar refractivity (Wildman–Crippen MR) is 109 cm³/mol. The average Bonchev–Trinajstić information content (AvgIpc) is 3.06. The number of nitrogens with zero attached hydrogens (tertiary/aromatic N) is 2. The molecule has 2 aromatic carbocycles. The van der Waals surface area contributed by atoms with Gasteiger partial charge in [0.1, 0.15) is 18.8 Å². The second-order valence-corrected chi connectivity index (χ2v) is 6.93. The van der Waals surface area contributed by atoms with Crippen LogP contribution < -0.4 is 14.9 Å². The van der Waals surface area contributed by atoms with Crippen molar-refractivity contribution in [3.8, 4) is 11.5 Å². The summed E-state index contributed by atoms with van der Waals surface area (Å²) in [4.78, 5) is 0. The molecule has 0 radical (unpaired) electrons. The number of H-pyrrole nitrogens is 1. The number of hydrogen-bond donors (Lipinski definition) is 2. The highest BCUT2D eigenvalue weighted by Crippen LogP contribution is 2.37. The van der Waals surface area contributed by atoms with Gasteiger partial charge in [-0.1, -0.05) is 29.3 Å². The molecule has 0 aliphatic rings. The van der Waals surface area contributed by atoms with Crippen LogP contribution in [0.3, 0.4) is 0 Å². The molecule has 148 valence electrons. The van der Waals surface area contributed by atoms with Crippen molar-refractivity contribution in [3.05, 3.63) is 68.4 Å². The second kappa shape index (κ2) is 9.27. The molecule has 0 aliphatic carbocycles. The lowest BCUT2D eigenvalue weighted by atomic mass is 10.2. The van der Waals surface area contributed by atoms with Crippen molar-refractivity contribution < 1.29 is 13.9 Å². The molecule has 0 spiro atoms. The Balaban J connectivity index is 1.78. The molecule has 0 fully saturated rings. The topological polar surface area (TPSA) is 64.1 Å². The number of nitrogens with one attached hydrogen (secondary N) is 2. The predicted octanol–water partition coefficient (Wildman–Crippen LogP) is 5.11. The van der Waals surface area contributed by atoms with E-state index in [1.165, 1.54) is 18.5 Å². The van der Waals surface area contributed by atoms with Gasteiger partial charge in [0.15, 0.2) is 11.5 Å². The quantitative estimate of drug-likeness (QED) is 0.474. The molecular weight excluding hydrogens is 426 g/mol. The molecule has 0 amide bonds. The Bertz CT molecular complexity index is 1030. The minimum atomic E-state index is -0.406. The molecule has 3 aromatic rings. The molecular formula is C18H17Cl2FN4O2S. The van der Waals surface area contributed by atoms with Gasteiger partial charge in [0.2, 0.25) is 4.77 Å². The van der Waals surface area contributed by atoms with E-state index >= 15 is 0 Å². The molecule has 0 atom stereocenters. The van der Waals surface area contributed by atoms with Crippen LogP contribution in [0.2, 0.25) is 10.0 Å². The van der Waals surface area contributed by atoms with Crippen LogP contribution >= 0.6 is 35.4 Å². The molecule has 1 heterocycles. The maximum absolute atomic E-state index is 13.2. The Morgan fingerprint density at radius 1 is 1.21 bits per heavy atom. The first kappa shape index (κ1) is 20.4. The van der Waals surface area contributed by atoms with Gasteiger partial charge in [0.25, 0.3) is 0 Å². The molecule has 2 N–H and O–H groups in total. The molecule has 0 saturated carbocycles. The van der Waals surface area contributed by atoms with E-state index < -0.39 is 5.82 Å². The monoisotopic (exact) mass is 442 g/mol. The van der Waals surface area contributed by atoms with Gasteiger partial charge in [0, 0.05) is 5.56 Å². The van der Waals surface area contributed by atoms with E-state index in [1.54, 1.807) is 16.8 Å². The summed E-state index contributed by atoms with van der Waals surface area (Å²) in [5.74, 6) is 0.491. The van der Waals surface area contributed by atoms with E-state index in [0.717, 1.165) is 5.56 Å². The number of aromatic nitrogens is 3. The third-order valence-corrected chi connectivity index (χ3v) is 4.68. The standard InChI is InChI=1S/C18H17Cl2FN4O2S/c1-2-26-16-6-11(8-23-25-10-22-24-18(25)28)5-15(20)17(16)27-9-12-3-4-13(21)7-14(12)19/h3-7,10,23H,2,8-9H2,1H3,(H,24,28). The Morgan fingerprint density at radius 3 is 2.71 bits per heavy atom. The lowest BCUT2D eigenvalue weighted by molar-refractivity contribution is 0.269. The first-order valence-electron chi connectivity index (χ1n) is 8.35. The Labute approximate surface area is 176 Å². The largest absolute Gasteiger partial charge is 0.490 e. The average molecular weight is 443 g/mol. The summed E-state index contributed by atoms with van der Waals surface area (Å²) in [6, 6.07) is 7.72. The Hall–Kier alpha value is -2.29. The van der Waals surface area contributed by atoms with Crippen LogP contribution in [-0.2, 0) is 13.2 Å². The van der Waals surface area contributed by atoms with Crippen LogP contribution in [-0.4, -0.2) is 21.5 Å². The molecule has 0 bridgehead atoms. The molecule has 1 aromatic heterocycles. The fraction of sp³-hybridized carbons (Fsp3) is 0.222. The fourth-order valence-electron chi connectivity index (χ4n) is 2.45. The minimum absolute atomic E-state index is 0.126. The number of halogens is 3. The molecule has 0 unspecified atom stereocenters. The third kappa shape index (κ3) is 4.95. The van der Waals surface area contributed by atoms with Crippen LogP contribution in [0.5, 0.6) is 11.5 Å². The van der Waals surface area contributed by atoms with Gasteiger partial charge in [-0.2, -0.15) is 5.10 Å². The van der Waals surface area contributed by atoms with Crippen molar-refractivity contribution in [2.45, 2.75) is 20.1 Å². The van der Waals surface area contributed by atoms with Crippen molar-refractivity contribution in [2.24, 2.45) is 0 Å². The van der Waals surface area contributed by atoms with E-state index in [0.29, 0.717) is 40.0 Å². The lowest BCUT2D eigenvalue weighted by Crippen LogP contribution is -2.13. The van der Waals surface area contributed by atoms with Gasteiger partial charge in [-0.25, -0.2) is 9.07 Å². The summed E-state index contributed by atoms with van der Waals surface area (Å²) in [5, 5.41) is 7.17. The zero-order valence-electron chi connectivity index (χ0n) is 14.8. The highest BCUT2D eigenvalue weighted by molar-refractivity contribution is 7.71. The summed E-state index contributed by atoms with van der Waals surface area (Å²) < 4.78 is 26.7. The summed E-state index contributed by atoms with van der Waals surface area (Å²) in [6.45, 7) is 2.87. The van der Waals surface area contributed by atoms with E-state index in [-0.39, 0.29) is 11.6 Å². The van der Waals surface area contributed by atoms with Crippen molar-refractivity contribution in [1.82, 2.24) is 14.9 Å². The lowest BCUT2D eigenvalue weighted by Gasteiger charge is -2.16. The van der Waals surface area contributed by atoms with E-state index in [9.17, 15) is 4.39 Å². The Morgan fingerprint density at radius 2 is 2.04 bits per heavy atom. The van der Waals surface area contributed by atoms with E-state index in [1.807, 2.05) is 13.0 Å². The first-order valence-corrected chi connectivity index (χ1v) is 9.52. The molecule has 0 aliphatic heterocycles. The van der Waals surface area contributed by atoms with Crippen molar-refractivity contribution >= 4 is 35.4 Å². The smallest absolute Gasteiger partial charge is 0.214 e. The maximum atomic E-state index is 13.2. The SMILES string of the molecule is CCOc1cc(CNn2cn[nH]c2=S)cc(Cl)c1OCc1ccc(F)cc1Cl. The zero-order valence-corrected chi connectivity index (χ0v) is 17.2. The van der Waals surface area contributed by atoms with Gasteiger partial charge < -0.3 is 14.9 Å². The molecule has 28 heavy (non-hydrogen) atoms. The zero-order chi connectivity index (χ0) is 20.1. The van der Waals surface area contributed by atoms with Gasteiger partial charge in [0.05, 0.1) is 23.2 Å². The molecule has 10 heteroatoms.